The Labute approximate surface area is 217 Å². The molecule has 0 aromatic heterocycles. The first kappa shape index (κ1) is 25.7. The fourth-order valence-corrected chi connectivity index (χ4v) is 6.91. The van der Waals surface area contributed by atoms with Gasteiger partial charge in [-0.05, 0) is 61.4 Å². The van der Waals surface area contributed by atoms with Crippen molar-refractivity contribution < 1.29 is 24.2 Å². The molecule has 6 atom stereocenters. The Hall–Kier alpha value is -2.97. The molecule has 0 saturated carbocycles. The molecule has 3 amide bonds. The smallest absolute Gasteiger partial charge is 0.250 e. The van der Waals surface area contributed by atoms with Crippen molar-refractivity contribution in [2.75, 3.05) is 25.0 Å². The Bertz CT molecular complexity index is 1220. The summed E-state index contributed by atoms with van der Waals surface area (Å²) in [6.07, 6.45) is 2.41. The maximum Gasteiger partial charge on any atom is 0.250 e. The van der Waals surface area contributed by atoms with Gasteiger partial charge >= 0.3 is 0 Å². The number of likely N-dealkylation sites (tertiary alicyclic amines) is 1. The van der Waals surface area contributed by atoms with Crippen molar-refractivity contribution in [2.45, 2.75) is 63.7 Å². The second-order valence-electron chi connectivity index (χ2n) is 11.0. The number of nitrogens with zero attached hydrogens (tertiary/aromatic N) is 1. The van der Waals surface area contributed by atoms with Gasteiger partial charge in [0.05, 0.1) is 17.4 Å². The van der Waals surface area contributed by atoms with Gasteiger partial charge < -0.3 is 25.4 Å². The number of anilines is 1. The van der Waals surface area contributed by atoms with E-state index in [1.807, 2.05) is 63.2 Å². The van der Waals surface area contributed by atoms with Crippen LogP contribution in [0.15, 0.2) is 42.5 Å². The number of fused-ring (bicyclic) bond motifs is 2. The van der Waals surface area contributed by atoms with Gasteiger partial charge in [0, 0.05) is 25.4 Å². The van der Waals surface area contributed by atoms with E-state index in [-0.39, 0.29) is 30.2 Å². The van der Waals surface area contributed by atoms with Gasteiger partial charge in [-0.15, -0.1) is 0 Å². The highest BCUT2D eigenvalue weighted by atomic mass is 16.5. The van der Waals surface area contributed by atoms with E-state index in [2.05, 4.69) is 10.6 Å². The van der Waals surface area contributed by atoms with Crippen LogP contribution < -0.4 is 10.6 Å². The van der Waals surface area contributed by atoms with Crippen molar-refractivity contribution >= 4 is 34.2 Å². The SMILES string of the molecule is CCCNC(=O)[C@@H]1[C@H]2C(=O)N(CCCCO)C(C(=O)Nc3ccc4ccccc4c3)C23CC(C)[C@@]1(C)O3. The molecule has 3 N–H and O–H groups in total. The van der Waals surface area contributed by atoms with Crippen LogP contribution in [-0.2, 0) is 19.1 Å². The maximum atomic E-state index is 14.0. The fraction of sp³-hybridized carbons (Fsp3) is 0.552. The van der Waals surface area contributed by atoms with E-state index in [0.717, 1.165) is 17.2 Å². The van der Waals surface area contributed by atoms with Gasteiger partial charge in [0.2, 0.25) is 17.7 Å². The van der Waals surface area contributed by atoms with Gasteiger partial charge in [-0.1, -0.05) is 44.2 Å². The van der Waals surface area contributed by atoms with Crippen LogP contribution in [0, 0.1) is 17.8 Å². The Morgan fingerprint density at radius 3 is 2.62 bits per heavy atom. The zero-order valence-electron chi connectivity index (χ0n) is 21.8. The minimum absolute atomic E-state index is 0.00212. The molecular formula is C29H37N3O5. The number of hydrogen-bond donors (Lipinski definition) is 3. The molecule has 3 saturated heterocycles. The molecule has 3 unspecified atom stereocenters. The van der Waals surface area contributed by atoms with Crippen molar-refractivity contribution in [2.24, 2.45) is 17.8 Å². The number of aliphatic hydroxyl groups is 1. The number of ether oxygens (including phenoxy) is 1. The summed E-state index contributed by atoms with van der Waals surface area (Å²) in [6.45, 7) is 6.81. The Morgan fingerprint density at radius 1 is 1.14 bits per heavy atom. The molecule has 1 spiro atoms. The van der Waals surface area contributed by atoms with E-state index in [0.29, 0.717) is 38.0 Å². The van der Waals surface area contributed by atoms with E-state index in [1.165, 1.54) is 0 Å². The third-order valence-electron chi connectivity index (χ3n) is 8.72. The molecule has 2 bridgehead atoms. The van der Waals surface area contributed by atoms with E-state index >= 15 is 0 Å². The molecule has 8 nitrogen and oxygen atoms in total. The zero-order chi connectivity index (χ0) is 26.4. The number of nitrogens with one attached hydrogen (secondary N) is 2. The predicted molar refractivity (Wildman–Crippen MR) is 141 cm³/mol. The molecule has 3 fully saturated rings. The first-order valence-corrected chi connectivity index (χ1v) is 13.5. The summed E-state index contributed by atoms with van der Waals surface area (Å²) in [6, 6.07) is 12.8. The number of amides is 3. The van der Waals surface area contributed by atoms with Gasteiger partial charge in [0.1, 0.15) is 11.6 Å². The van der Waals surface area contributed by atoms with Crippen LogP contribution in [-0.4, -0.2) is 64.7 Å². The molecule has 37 heavy (non-hydrogen) atoms. The molecule has 3 aliphatic heterocycles. The van der Waals surface area contributed by atoms with Crippen LogP contribution in [0.2, 0.25) is 0 Å². The number of hydrogen-bond acceptors (Lipinski definition) is 5. The van der Waals surface area contributed by atoms with Crippen LogP contribution in [0.3, 0.4) is 0 Å². The van der Waals surface area contributed by atoms with Gasteiger partial charge in [-0.3, -0.25) is 14.4 Å². The predicted octanol–water partition coefficient (Wildman–Crippen LogP) is 3.09. The van der Waals surface area contributed by atoms with Crippen molar-refractivity contribution in [3.8, 4) is 0 Å². The molecule has 5 rings (SSSR count). The molecule has 0 aliphatic carbocycles. The lowest BCUT2D eigenvalue weighted by molar-refractivity contribution is -0.146. The summed E-state index contributed by atoms with van der Waals surface area (Å²) in [5.41, 5.74) is -1.24. The van der Waals surface area contributed by atoms with Crippen LogP contribution in [0.1, 0.15) is 46.5 Å². The summed E-state index contributed by atoms with van der Waals surface area (Å²) < 4.78 is 6.71. The standard InChI is InChI=1S/C29H37N3O5/c1-4-13-30-25(34)22-23-27(36)32(14-7-8-15-33)24(29(23)17-18(2)28(22,3)37-29)26(35)31-21-12-11-19-9-5-6-10-20(19)16-21/h5-6,9-12,16,18,22-24,33H,4,7-8,13-15,17H2,1-3H3,(H,30,34)(H,31,35)/t18?,22-,23-,24?,28+,29?/m0/s1. The Morgan fingerprint density at radius 2 is 1.89 bits per heavy atom. The first-order chi connectivity index (χ1) is 17.8. The van der Waals surface area contributed by atoms with Gasteiger partial charge in [0.25, 0.3) is 0 Å². The number of rotatable bonds is 9. The van der Waals surface area contributed by atoms with Gasteiger partial charge in [0.15, 0.2) is 0 Å². The van der Waals surface area contributed by atoms with E-state index in [1.54, 1.807) is 4.90 Å². The summed E-state index contributed by atoms with van der Waals surface area (Å²) >= 11 is 0. The number of carbonyl (C=O) groups is 3. The number of benzene rings is 2. The summed E-state index contributed by atoms with van der Waals surface area (Å²) in [5, 5.41) is 17.4. The van der Waals surface area contributed by atoms with E-state index in [4.69, 9.17) is 4.74 Å². The Balaban J connectivity index is 1.51. The first-order valence-electron chi connectivity index (χ1n) is 13.5. The summed E-state index contributed by atoms with van der Waals surface area (Å²) in [4.78, 5) is 43.0. The summed E-state index contributed by atoms with van der Waals surface area (Å²) in [5.74, 6) is -2.06. The molecule has 0 radical (unpaired) electrons. The highest BCUT2D eigenvalue weighted by Crippen LogP contribution is 2.65. The summed E-state index contributed by atoms with van der Waals surface area (Å²) in [7, 11) is 0. The van der Waals surface area contributed by atoms with Gasteiger partial charge in [-0.25, -0.2) is 0 Å². The topological polar surface area (TPSA) is 108 Å². The fourth-order valence-electron chi connectivity index (χ4n) is 6.91. The molecule has 2 aromatic rings. The zero-order valence-corrected chi connectivity index (χ0v) is 21.8. The normalized spacial score (nSPS) is 32.1. The van der Waals surface area contributed by atoms with Crippen LogP contribution >= 0.6 is 0 Å². The molecule has 8 heteroatoms. The third kappa shape index (κ3) is 4.01. The lowest BCUT2D eigenvalue weighted by Gasteiger charge is -2.36. The minimum Gasteiger partial charge on any atom is -0.396 e. The monoisotopic (exact) mass is 507 g/mol. The minimum atomic E-state index is -1.07. The van der Waals surface area contributed by atoms with Crippen molar-refractivity contribution in [1.82, 2.24) is 10.2 Å². The third-order valence-corrected chi connectivity index (χ3v) is 8.72. The molecule has 3 aliphatic rings. The quantitative estimate of drug-likeness (QED) is 0.452. The van der Waals surface area contributed by atoms with Crippen LogP contribution in [0.25, 0.3) is 10.8 Å². The molecule has 198 valence electrons. The maximum absolute atomic E-state index is 14.0. The van der Waals surface area contributed by atoms with Crippen molar-refractivity contribution in [1.29, 1.82) is 0 Å². The van der Waals surface area contributed by atoms with E-state index in [9.17, 15) is 19.5 Å². The molecule has 2 aromatic carbocycles. The number of carbonyl (C=O) groups excluding carboxylic acids is 3. The highest BCUT2D eigenvalue weighted by molar-refractivity contribution is 6.04. The average Bonchev–Trinajstić information content (AvgIpc) is 3.39. The molecular weight excluding hydrogens is 470 g/mol. The Kier molecular flexibility index (Phi) is 6.75. The van der Waals surface area contributed by atoms with Crippen LogP contribution in [0.5, 0.6) is 0 Å². The molecule has 3 heterocycles. The highest BCUT2D eigenvalue weighted by Gasteiger charge is 2.79. The van der Waals surface area contributed by atoms with Gasteiger partial charge in [-0.2, -0.15) is 0 Å². The van der Waals surface area contributed by atoms with Crippen LogP contribution in [0.4, 0.5) is 5.69 Å². The lowest BCUT2D eigenvalue weighted by Crippen LogP contribution is -2.54. The second-order valence-corrected chi connectivity index (χ2v) is 11.0. The number of unbranched alkanes of at least 4 members (excludes halogenated alkanes) is 1. The second kappa shape index (κ2) is 9.72. The number of aliphatic hydroxyl groups excluding tert-OH is 1. The largest absolute Gasteiger partial charge is 0.396 e. The average molecular weight is 508 g/mol. The van der Waals surface area contributed by atoms with Crippen molar-refractivity contribution in [3.05, 3.63) is 42.5 Å². The van der Waals surface area contributed by atoms with Crippen molar-refractivity contribution in [3.63, 3.8) is 0 Å². The lowest BCUT2D eigenvalue weighted by atomic mass is 9.62. The van der Waals surface area contributed by atoms with E-state index < -0.39 is 29.1 Å².